The van der Waals surface area contributed by atoms with Gasteiger partial charge in [0.2, 0.25) is 0 Å². The van der Waals surface area contributed by atoms with Gasteiger partial charge in [-0.3, -0.25) is 0 Å². The molecule has 0 aliphatic carbocycles. The largest absolute Gasteiger partial charge is 0.370 e. The van der Waals surface area contributed by atoms with Crippen LogP contribution in [0.15, 0.2) is 18.2 Å². The highest BCUT2D eigenvalue weighted by Crippen LogP contribution is 2.29. The highest BCUT2D eigenvalue weighted by molar-refractivity contribution is 5.65. The number of nitrogens with zero attached hydrogens (tertiary/aromatic N) is 3. The Morgan fingerprint density at radius 3 is 2.33 bits per heavy atom. The average Bonchev–Trinajstić information content (AvgIpc) is 2.36. The molecule has 2 unspecified atom stereocenters. The second kappa shape index (κ2) is 5.10. The Hall–Kier alpha value is -2.00. The molecule has 0 aromatic heterocycles. The Labute approximate surface area is 108 Å². The van der Waals surface area contributed by atoms with Crippen molar-refractivity contribution in [3.05, 3.63) is 29.3 Å². The number of anilines is 1. The van der Waals surface area contributed by atoms with E-state index in [1.54, 1.807) is 6.07 Å². The van der Waals surface area contributed by atoms with Gasteiger partial charge in [-0.05, 0) is 30.4 Å². The number of nitriles is 2. The summed E-state index contributed by atoms with van der Waals surface area (Å²) in [6.45, 7) is 6.41. The van der Waals surface area contributed by atoms with Gasteiger partial charge in [-0.15, -0.1) is 0 Å². The first-order valence-electron chi connectivity index (χ1n) is 6.33. The molecule has 0 N–H and O–H groups in total. The van der Waals surface area contributed by atoms with E-state index in [9.17, 15) is 5.26 Å². The lowest BCUT2D eigenvalue weighted by Crippen LogP contribution is -2.39. The number of hydrogen-bond donors (Lipinski definition) is 0. The van der Waals surface area contributed by atoms with Crippen LogP contribution in [0.25, 0.3) is 0 Å². The molecule has 0 radical (unpaired) electrons. The van der Waals surface area contributed by atoms with Crippen LogP contribution in [0.5, 0.6) is 0 Å². The van der Waals surface area contributed by atoms with Crippen molar-refractivity contribution in [2.45, 2.75) is 20.3 Å². The first-order valence-corrected chi connectivity index (χ1v) is 6.33. The van der Waals surface area contributed by atoms with Gasteiger partial charge in [-0.25, -0.2) is 0 Å². The Morgan fingerprint density at radius 2 is 1.78 bits per heavy atom. The van der Waals surface area contributed by atoms with Gasteiger partial charge in [-0.2, -0.15) is 10.5 Å². The predicted octanol–water partition coefficient (Wildman–Crippen LogP) is 2.91. The smallest absolute Gasteiger partial charge is 0.103 e. The lowest BCUT2D eigenvalue weighted by Gasteiger charge is -2.37. The van der Waals surface area contributed by atoms with E-state index >= 15 is 0 Å². The number of benzene rings is 1. The zero-order valence-electron chi connectivity index (χ0n) is 10.8. The highest BCUT2D eigenvalue weighted by Gasteiger charge is 2.24. The Morgan fingerprint density at radius 1 is 1.11 bits per heavy atom. The molecule has 0 saturated carbocycles. The molecule has 3 heteroatoms. The minimum atomic E-state index is 0.473. The third kappa shape index (κ3) is 2.31. The standard InChI is InChI=1S/C15H17N3/c1-11-6-12(2)10-18(9-11)15-5-3-4-13(7-16)14(15)8-17/h3-5,11-12H,6,9-10H2,1-2H3. The molecule has 1 saturated heterocycles. The van der Waals surface area contributed by atoms with E-state index in [2.05, 4.69) is 30.9 Å². The Kier molecular flexibility index (Phi) is 3.53. The van der Waals surface area contributed by atoms with Crippen LogP contribution < -0.4 is 4.90 Å². The first kappa shape index (κ1) is 12.5. The van der Waals surface area contributed by atoms with E-state index < -0.39 is 0 Å². The normalized spacial score (nSPS) is 23.2. The molecule has 1 aromatic carbocycles. The van der Waals surface area contributed by atoms with Crippen LogP contribution in [0.1, 0.15) is 31.4 Å². The summed E-state index contributed by atoms with van der Waals surface area (Å²) < 4.78 is 0. The van der Waals surface area contributed by atoms with Gasteiger partial charge in [0, 0.05) is 13.1 Å². The topological polar surface area (TPSA) is 50.8 Å². The van der Waals surface area contributed by atoms with Gasteiger partial charge < -0.3 is 4.90 Å². The molecule has 1 aromatic rings. The van der Waals surface area contributed by atoms with Gasteiger partial charge in [0.1, 0.15) is 12.1 Å². The van der Waals surface area contributed by atoms with Crippen molar-refractivity contribution in [1.82, 2.24) is 0 Å². The summed E-state index contributed by atoms with van der Waals surface area (Å²) in [5.41, 5.74) is 1.90. The average molecular weight is 239 g/mol. The zero-order valence-corrected chi connectivity index (χ0v) is 10.8. The molecule has 3 nitrogen and oxygen atoms in total. The molecule has 1 fully saturated rings. The Balaban J connectivity index is 2.40. The van der Waals surface area contributed by atoms with E-state index in [4.69, 9.17) is 5.26 Å². The molecule has 1 heterocycles. The second-order valence-corrected chi connectivity index (χ2v) is 5.27. The summed E-state index contributed by atoms with van der Waals surface area (Å²) in [5.74, 6) is 1.26. The fraction of sp³-hybridized carbons (Fsp3) is 0.467. The molecule has 2 atom stereocenters. The summed E-state index contributed by atoms with van der Waals surface area (Å²) in [5, 5.41) is 18.3. The SMILES string of the molecule is CC1CC(C)CN(c2cccc(C#N)c2C#N)C1. The van der Waals surface area contributed by atoms with Gasteiger partial charge in [0.25, 0.3) is 0 Å². The molecule has 0 spiro atoms. The second-order valence-electron chi connectivity index (χ2n) is 5.27. The Bertz CT molecular complexity index is 512. The van der Waals surface area contributed by atoms with E-state index in [0.29, 0.717) is 23.0 Å². The van der Waals surface area contributed by atoms with Crippen LogP contribution in [0.2, 0.25) is 0 Å². The van der Waals surface area contributed by atoms with Gasteiger partial charge in [-0.1, -0.05) is 19.9 Å². The summed E-state index contributed by atoms with van der Waals surface area (Å²) >= 11 is 0. The van der Waals surface area contributed by atoms with Crippen LogP contribution in [0.3, 0.4) is 0 Å². The quantitative estimate of drug-likeness (QED) is 0.757. The van der Waals surface area contributed by atoms with Crippen molar-refractivity contribution in [3.8, 4) is 12.1 Å². The van der Waals surface area contributed by atoms with Crippen molar-refractivity contribution in [3.63, 3.8) is 0 Å². The van der Waals surface area contributed by atoms with Crippen molar-refractivity contribution in [2.75, 3.05) is 18.0 Å². The van der Waals surface area contributed by atoms with Gasteiger partial charge in [0.15, 0.2) is 0 Å². The highest BCUT2D eigenvalue weighted by atomic mass is 15.1. The lowest BCUT2D eigenvalue weighted by atomic mass is 9.91. The van der Waals surface area contributed by atoms with Crippen LogP contribution in [0, 0.1) is 34.5 Å². The van der Waals surface area contributed by atoms with Crippen LogP contribution >= 0.6 is 0 Å². The fourth-order valence-corrected chi connectivity index (χ4v) is 2.87. The van der Waals surface area contributed by atoms with Gasteiger partial charge in [0.05, 0.1) is 16.8 Å². The van der Waals surface area contributed by atoms with Crippen molar-refractivity contribution in [1.29, 1.82) is 10.5 Å². The van der Waals surface area contributed by atoms with Gasteiger partial charge >= 0.3 is 0 Å². The predicted molar refractivity (Wildman–Crippen MR) is 71.0 cm³/mol. The van der Waals surface area contributed by atoms with Crippen molar-refractivity contribution in [2.24, 2.45) is 11.8 Å². The number of rotatable bonds is 1. The van der Waals surface area contributed by atoms with Crippen molar-refractivity contribution >= 4 is 5.69 Å². The third-order valence-corrected chi connectivity index (χ3v) is 3.48. The summed E-state index contributed by atoms with van der Waals surface area (Å²) in [4.78, 5) is 2.25. The van der Waals surface area contributed by atoms with E-state index in [0.717, 1.165) is 18.8 Å². The van der Waals surface area contributed by atoms with Crippen molar-refractivity contribution < 1.29 is 0 Å². The summed E-state index contributed by atoms with van der Waals surface area (Å²) in [7, 11) is 0. The molecule has 92 valence electrons. The minimum absolute atomic E-state index is 0.473. The van der Waals surface area contributed by atoms with Crippen LogP contribution in [-0.4, -0.2) is 13.1 Å². The maximum Gasteiger partial charge on any atom is 0.103 e. The lowest BCUT2D eigenvalue weighted by molar-refractivity contribution is 0.357. The molecule has 18 heavy (non-hydrogen) atoms. The maximum atomic E-state index is 9.27. The molecule has 0 bridgehead atoms. The maximum absolute atomic E-state index is 9.27. The molecule has 2 rings (SSSR count). The summed E-state index contributed by atoms with van der Waals surface area (Å²) in [6.07, 6.45) is 1.23. The third-order valence-electron chi connectivity index (χ3n) is 3.48. The molecule has 1 aliphatic heterocycles. The number of piperidine rings is 1. The van der Waals surface area contributed by atoms with Crippen LogP contribution in [-0.2, 0) is 0 Å². The zero-order chi connectivity index (χ0) is 13.1. The molecule has 1 aliphatic rings. The van der Waals surface area contributed by atoms with Crippen LogP contribution in [0.4, 0.5) is 5.69 Å². The number of hydrogen-bond acceptors (Lipinski definition) is 3. The molecular weight excluding hydrogens is 222 g/mol. The van der Waals surface area contributed by atoms with E-state index in [1.807, 2.05) is 12.1 Å². The minimum Gasteiger partial charge on any atom is -0.370 e. The molecular formula is C15H17N3. The monoisotopic (exact) mass is 239 g/mol. The summed E-state index contributed by atoms with van der Waals surface area (Å²) in [6, 6.07) is 9.79. The first-order chi connectivity index (χ1) is 8.65. The van der Waals surface area contributed by atoms with E-state index in [-0.39, 0.29) is 0 Å². The molecule has 0 amide bonds. The van der Waals surface area contributed by atoms with E-state index in [1.165, 1.54) is 6.42 Å². The fourth-order valence-electron chi connectivity index (χ4n) is 2.87.